The molecule has 0 saturated heterocycles. The van der Waals surface area contributed by atoms with Crippen LogP contribution in [0.15, 0.2) is 48.5 Å². The molecule has 0 fully saturated rings. The van der Waals surface area contributed by atoms with E-state index < -0.39 is 7.12 Å². The number of benzene rings is 4. The lowest BCUT2D eigenvalue weighted by Crippen LogP contribution is -2.30. The van der Waals surface area contributed by atoms with Crippen molar-refractivity contribution in [2.24, 2.45) is 0 Å². The van der Waals surface area contributed by atoms with Crippen molar-refractivity contribution in [3.8, 4) is 5.75 Å². The van der Waals surface area contributed by atoms with E-state index >= 15 is 0 Å². The summed E-state index contributed by atoms with van der Waals surface area (Å²) in [6, 6.07) is 15.2. The average molecular weight is 290 g/mol. The number of hydrogen-bond acceptors (Lipinski definition) is 4. The average Bonchev–Trinajstić information content (AvgIpc) is 2.53. The largest absolute Gasteiger partial charge is 0.538 e. The van der Waals surface area contributed by atoms with Crippen molar-refractivity contribution in [2.45, 2.75) is 0 Å². The van der Waals surface area contributed by atoms with Crippen LogP contribution in [-0.2, 0) is 0 Å². The van der Waals surface area contributed by atoms with E-state index in [0.29, 0.717) is 11.2 Å². The summed E-state index contributed by atoms with van der Waals surface area (Å²) in [6.45, 7) is 0. The molecule has 106 valence electrons. The molecule has 0 amide bonds. The first-order valence-corrected chi connectivity index (χ1v) is 7.01. The van der Waals surface area contributed by atoms with Crippen molar-refractivity contribution in [3.05, 3.63) is 48.5 Å². The molecule has 6 heteroatoms. The Morgan fingerprint density at radius 2 is 1.36 bits per heavy atom. The van der Waals surface area contributed by atoms with E-state index in [-0.39, 0.29) is 7.69 Å². The molecule has 4 rings (SSSR count). The molecule has 0 saturated carbocycles. The van der Waals surface area contributed by atoms with Gasteiger partial charge in [0.1, 0.15) is 5.75 Å². The van der Waals surface area contributed by atoms with Crippen LogP contribution in [-0.4, -0.2) is 29.9 Å². The second-order valence-corrected chi connectivity index (χ2v) is 5.29. The van der Waals surface area contributed by atoms with E-state index in [1.807, 2.05) is 42.5 Å². The van der Waals surface area contributed by atoms with Crippen LogP contribution in [0.3, 0.4) is 0 Å². The first kappa shape index (κ1) is 13.4. The standard InChI is InChI=1S/C16H12B2O4/c19-17-22-14-8-4-10-1-5-11-13(18(20)21)7-3-9-2-6-12(14)16(10)15(9)11/h1-8,17,19-21H. The molecular formula is C16H12B2O4. The summed E-state index contributed by atoms with van der Waals surface area (Å²) < 4.78 is 5.30. The highest BCUT2D eigenvalue weighted by Crippen LogP contribution is 2.37. The Morgan fingerprint density at radius 1 is 0.773 bits per heavy atom. The summed E-state index contributed by atoms with van der Waals surface area (Å²) in [7, 11) is -1.90. The Balaban J connectivity index is 2.22. The van der Waals surface area contributed by atoms with Gasteiger partial charge in [0, 0.05) is 10.8 Å². The fourth-order valence-electron chi connectivity index (χ4n) is 3.22. The van der Waals surface area contributed by atoms with Gasteiger partial charge < -0.3 is 19.7 Å². The second kappa shape index (κ2) is 4.88. The molecule has 22 heavy (non-hydrogen) atoms. The van der Waals surface area contributed by atoms with Crippen LogP contribution in [0.2, 0.25) is 0 Å². The molecule has 0 radical (unpaired) electrons. The number of hydrogen-bond donors (Lipinski definition) is 3. The van der Waals surface area contributed by atoms with Gasteiger partial charge in [0.05, 0.1) is 0 Å². The van der Waals surface area contributed by atoms with E-state index in [4.69, 9.17) is 9.68 Å². The van der Waals surface area contributed by atoms with Gasteiger partial charge in [-0.3, -0.25) is 0 Å². The molecule has 0 spiro atoms. The molecule has 0 aliphatic carbocycles. The lowest BCUT2D eigenvalue weighted by atomic mass is 9.75. The molecule has 0 aromatic heterocycles. The third-order valence-corrected chi connectivity index (χ3v) is 4.16. The maximum atomic E-state index is 9.59. The monoisotopic (exact) mass is 290 g/mol. The molecule has 4 nitrogen and oxygen atoms in total. The van der Waals surface area contributed by atoms with E-state index in [1.165, 1.54) is 0 Å². The highest BCUT2D eigenvalue weighted by Gasteiger charge is 2.18. The summed E-state index contributed by atoms with van der Waals surface area (Å²) in [5, 5.41) is 34.0. The summed E-state index contributed by atoms with van der Waals surface area (Å²) in [4.78, 5) is 0. The predicted molar refractivity (Wildman–Crippen MR) is 90.0 cm³/mol. The third-order valence-electron chi connectivity index (χ3n) is 4.16. The van der Waals surface area contributed by atoms with Crippen LogP contribution in [0.4, 0.5) is 0 Å². The van der Waals surface area contributed by atoms with Gasteiger partial charge in [0.15, 0.2) is 0 Å². The smallest absolute Gasteiger partial charge is 0.504 e. The highest BCUT2D eigenvalue weighted by atomic mass is 16.5. The zero-order chi connectivity index (χ0) is 15.3. The fraction of sp³-hybridized carbons (Fsp3) is 0. The zero-order valence-electron chi connectivity index (χ0n) is 11.7. The molecule has 0 heterocycles. The van der Waals surface area contributed by atoms with E-state index in [0.717, 1.165) is 32.3 Å². The normalized spacial score (nSPS) is 11.4. The van der Waals surface area contributed by atoms with Crippen molar-refractivity contribution in [1.82, 2.24) is 0 Å². The molecular weight excluding hydrogens is 278 g/mol. The molecule has 0 aliphatic heterocycles. The van der Waals surface area contributed by atoms with Crippen LogP contribution in [0.25, 0.3) is 32.3 Å². The van der Waals surface area contributed by atoms with Crippen molar-refractivity contribution < 1.29 is 19.7 Å². The Labute approximate surface area is 127 Å². The quantitative estimate of drug-likeness (QED) is 0.387. The molecule has 4 aromatic rings. The Hall–Kier alpha value is -2.27. The van der Waals surface area contributed by atoms with Crippen molar-refractivity contribution >= 4 is 52.6 Å². The summed E-state index contributed by atoms with van der Waals surface area (Å²) in [6.07, 6.45) is 0. The summed E-state index contributed by atoms with van der Waals surface area (Å²) in [5.41, 5.74) is 0.482. The highest BCUT2D eigenvalue weighted by molar-refractivity contribution is 6.62. The topological polar surface area (TPSA) is 69.9 Å². The minimum atomic E-state index is -1.52. The number of rotatable bonds is 3. The summed E-state index contributed by atoms with van der Waals surface area (Å²) in [5.74, 6) is 0.611. The van der Waals surface area contributed by atoms with Gasteiger partial charge in [-0.05, 0) is 33.1 Å². The SMILES string of the molecule is OBOc1ccc2ccc3c(B(O)O)ccc4ccc1c2c43. The summed E-state index contributed by atoms with van der Waals surface area (Å²) >= 11 is 0. The Morgan fingerprint density at radius 3 is 2.05 bits per heavy atom. The van der Waals surface area contributed by atoms with Crippen molar-refractivity contribution in [1.29, 1.82) is 0 Å². The van der Waals surface area contributed by atoms with Gasteiger partial charge in [-0.25, -0.2) is 0 Å². The van der Waals surface area contributed by atoms with Crippen LogP contribution < -0.4 is 10.1 Å². The van der Waals surface area contributed by atoms with E-state index in [1.54, 1.807) is 6.07 Å². The molecule has 0 atom stereocenters. The minimum Gasteiger partial charge on any atom is -0.538 e. The molecule has 0 aliphatic rings. The molecule has 4 aromatic carbocycles. The van der Waals surface area contributed by atoms with Crippen LogP contribution in [0.5, 0.6) is 5.75 Å². The van der Waals surface area contributed by atoms with Gasteiger partial charge in [-0.2, -0.15) is 0 Å². The van der Waals surface area contributed by atoms with Gasteiger partial charge in [0.25, 0.3) is 0 Å². The van der Waals surface area contributed by atoms with Crippen molar-refractivity contribution in [2.75, 3.05) is 0 Å². The maximum Gasteiger partial charge on any atom is 0.504 e. The first-order chi connectivity index (χ1) is 10.7. The fourth-order valence-corrected chi connectivity index (χ4v) is 3.22. The van der Waals surface area contributed by atoms with Gasteiger partial charge in [0.2, 0.25) is 0 Å². The second-order valence-electron chi connectivity index (χ2n) is 5.29. The zero-order valence-corrected chi connectivity index (χ0v) is 11.7. The van der Waals surface area contributed by atoms with Gasteiger partial charge in [-0.15, -0.1) is 0 Å². The molecule has 3 N–H and O–H groups in total. The molecule has 0 unspecified atom stereocenters. The lowest BCUT2D eigenvalue weighted by molar-refractivity contribution is 0.426. The van der Waals surface area contributed by atoms with Crippen LogP contribution in [0, 0.1) is 0 Å². The predicted octanol–water partition coefficient (Wildman–Crippen LogP) is 0.901. The van der Waals surface area contributed by atoms with Crippen LogP contribution >= 0.6 is 0 Å². The van der Waals surface area contributed by atoms with Crippen molar-refractivity contribution in [3.63, 3.8) is 0 Å². The third kappa shape index (κ3) is 1.78. The Kier molecular flexibility index (Phi) is 2.97. The first-order valence-electron chi connectivity index (χ1n) is 7.01. The lowest BCUT2D eigenvalue weighted by Gasteiger charge is -2.15. The van der Waals surface area contributed by atoms with Gasteiger partial charge in [-0.1, -0.05) is 42.5 Å². The van der Waals surface area contributed by atoms with E-state index in [9.17, 15) is 10.0 Å². The molecule has 0 bridgehead atoms. The maximum absolute atomic E-state index is 9.59. The van der Waals surface area contributed by atoms with E-state index in [2.05, 4.69) is 0 Å². The van der Waals surface area contributed by atoms with Crippen LogP contribution in [0.1, 0.15) is 0 Å². The Bertz CT molecular complexity index is 984. The minimum absolute atomic E-state index is 0.384. The van der Waals surface area contributed by atoms with Gasteiger partial charge >= 0.3 is 14.8 Å².